The van der Waals surface area contributed by atoms with Crippen LogP contribution in [0.2, 0.25) is 0 Å². The Balaban J connectivity index is 1.41. The van der Waals surface area contributed by atoms with Gasteiger partial charge in [0.25, 0.3) is 0 Å². The zero-order valence-electron chi connectivity index (χ0n) is 14.6. The number of nitrogens with zero attached hydrogens (tertiary/aromatic N) is 2. The molecule has 0 aliphatic carbocycles. The molecule has 0 atom stereocenters. The van der Waals surface area contributed by atoms with Crippen molar-refractivity contribution >= 4 is 11.7 Å². The molecule has 3 rings (SSSR count). The summed E-state index contributed by atoms with van der Waals surface area (Å²) in [7, 11) is 0. The number of nitrogens with one attached hydrogen (secondary N) is 1. The molecule has 1 aromatic heterocycles. The molecule has 1 fully saturated rings. The summed E-state index contributed by atoms with van der Waals surface area (Å²) in [6.45, 7) is 3.79. The highest BCUT2D eigenvalue weighted by molar-refractivity contribution is 5.76. The smallest absolute Gasteiger partial charge is 0.220 e. The molecule has 0 bridgehead atoms. The van der Waals surface area contributed by atoms with Gasteiger partial charge in [0, 0.05) is 25.6 Å². The third kappa shape index (κ3) is 4.95. The number of anilines is 1. The van der Waals surface area contributed by atoms with E-state index in [9.17, 15) is 9.90 Å². The normalized spacial score (nSPS) is 15.2. The third-order valence-electron chi connectivity index (χ3n) is 4.68. The number of amides is 1. The number of benzene rings is 1. The van der Waals surface area contributed by atoms with Gasteiger partial charge < -0.3 is 15.3 Å². The molecule has 1 aromatic carbocycles. The predicted molar refractivity (Wildman–Crippen MR) is 98.8 cm³/mol. The summed E-state index contributed by atoms with van der Waals surface area (Å²) in [5, 5.41) is 12.5. The van der Waals surface area contributed by atoms with Crippen molar-refractivity contribution in [2.45, 2.75) is 38.6 Å². The lowest BCUT2D eigenvalue weighted by molar-refractivity contribution is -0.121. The van der Waals surface area contributed by atoms with Crippen LogP contribution in [0.5, 0.6) is 5.75 Å². The standard InChI is InChI=1S/C20H25N3O2/c1-15-2-4-16(5-3-15)6-9-20(25)22-17-10-12-23(13-11-17)19-8-7-18(24)14-21-19/h2-5,7-8,14,17,24H,6,9-13H2,1H3,(H,22,25). The molecule has 132 valence electrons. The molecule has 1 aliphatic rings. The van der Waals surface area contributed by atoms with Gasteiger partial charge in [-0.1, -0.05) is 29.8 Å². The van der Waals surface area contributed by atoms with Gasteiger partial charge in [0.2, 0.25) is 5.91 Å². The summed E-state index contributed by atoms with van der Waals surface area (Å²) in [6.07, 6.45) is 4.61. The van der Waals surface area contributed by atoms with Gasteiger partial charge in [0.05, 0.1) is 6.20 Å². The molecule has 0 spiro atoms. The van der Waals surface area contributed by atoms with Crippen LogP contribution in [0.15, 0.2) is 42.6 Å². The molecule has 2 heterocycles. The molecule has 2 aromatic rings. The molecule has 1 aliphatic heterocycles. The van der Waals surface area contributed by atoms with E-state index in [-0.39, 0.29) is 17.7 Å². The van der Waals surface area contributed by atoms with Crippen molar-refractivity contribution in [3.05, 3.63) is 53.7 Å². The third-order valence-corrected chi connectivity index (χ3v) is 4.68. The molecule has 2 N–H and O–H groups in total. The molecular weight excluding hydrogens is 314 g/mol. The van der Waals surface area contributed by atoms with E-state index in [1.165, 1.54) is 17.3 Å². The van der Waals surface area contributed by atoms with Crippen molar-refractivity contribution in [2.75, 3.05) is 18.0 Å². The van der Waals surface area contributed by atoms with E-state index in [2.05, 4.69) is 46.4 Å². The number of rotatable bonds is 5. The second-order valence-electron chi connectivity index (χ2n) is 6.69. The number of carbonyl (C=O) groups is 1. The van der Waals surface area contributed by atoms with Crippen molar-refractivity contribution in [3.63, 3.8) is 0 Å². The molecule has 0 unspecified atom stereocenters. The summed E-state index contributed by atoms with van der Waals surface area (Å²) in [5.41, 5.74) is 2.44. The van der Waals surface area contributed by atoms with Gasteiger partial charge in [-0.15, -0.1) is 0 Å². The van der Waals surface area contributed by atoms with Crippen LogP contribution in [0.4, 0.5) is 5.82 Å². The van der Waals surface area contributed by atoms with E-state index in [4.69, 9.17) is 0 Å². The van der Waals surface area contributed by atoms with Crippen molar-refractivity contribution in [3.8, 4) is 5.75 Å². The number of hydrogen-bond donors (Lipinski definition) is 2. The molecule has 5 nitrogen and oxygen atoms in total. The molecule has 1 saturated heterocycles. The Kier molecular flexibility index (Phi) is 5.53. The van der Waals surface area contributed by atoms with Gasteiger partial charge in [-0.05, 0) is 43.9 Å². The van der Waals surface area contributed by atoms with E-state index < -0.39 is 0 Å². The maximum absolute atomic E-state index is 12.2. The summed E-state index contributed by atoms with van der Waals surface area (Å²) >= 11 is 0. The van der Waals surface area contributed by atoms with Crippen molar-refractivity contribution in [1.82, 2.24) is 10.3 Å². The lowest BCUT2D eigenvalue weighted by Crippen LogP contribution is -2.45. The van der Waals surface area contributed by atoms with E-state index in [1.54, 1.807) is 6.07 Å². The summed E-state index contributed by atoms with van der Waals surface area (Å²) in [6, 6.07) is 12.1. The van der Waals surface area contributed by atoms with Crippen LogP contribution in [0.25, 0.3) is 0 Å². The molecule has 25 heavy (non-hydrogen) atoms. The highest BCUT2D eigenvalue weighted by Crippen LogP contribution is 2.19. The summed E-state index contributed by atoms with van der Waals surface area (Å²) < 4.78 is 0. The largest absolute Gasteiger partial charge is 0.506 e. The Hall–Kier alpha value is -2.56. The van der Waals surface area contributed by atoms with Gasteiger partial charge in [-0.2, -0.15) is 0 Å². The first-order valence-corrected chi connectivity index (χ1v) is 8.85. The molecule has 1 amide bonds. The van der Waals surface area contributed by atoms with Gasteiger partial charge in [0.15, 0.2) is 0 Å². The Morgan fingerprint density at radius 1 is 1.20 bits per heavy atom. The average molecular weight is 339 g/mol. The summed E-state index contributed by atoms with van der Waals surface area (Å²) in [5.74, 6) is 1.18. The van der Waals surface area contributed by atoms with Crippen LogP contribution in [0, 0.1) is 6.92 Å². The van der Waals surface area contributed by atoms with Crippen LogP contribution >= 0.6 is 0 Å². The van der Waals surface area contributed by atoms with Crippen LogP contribution in [-0.2, 0) is 11.2 Å². The van der Waals surface area contributed by atoms with E-state index >= 15 is 0 Å². The van der Waals surface area contributed by atoms with Crippen LogP contribution in [-0.4, -0.2) is 35.1 Å². The van der Waals surface area contributed by atoms with Crippen molar-refractivity contribution in [1.29, 1.82) is 0 Å². The van der Waals surface area contributed by atoms with Crippen molar-refractivity contribution in [2.24, 2.45) is 0 Å². The van der Waals surface area contributed by atoms with Crippen LogP contribution in [0.3, 0.4) is 0 Å². The Morgan fingerprint density at radius 3 is 2.56 bits per heavy atom. The maximum Gasteiger partial charge on any atom is 0.220 e. The monoisotopic (exact) mass is 339 g/mol. The topological polar surface area (TPSA) is 65.5 Å². The average Bonchev–Trinajstić information content (AvgIpc) is 2.63. The van der Waals surface area contributed by atoms with Gasteiger partial charge in [0.1, 0.15) is 11.6 Å². The highest BCUT2D eigenvalue weighted by Gasteiger charge is 2.21. The highest BCUT2D eigenvalue weighted by atomic mass is 16.3. The predicted octanol–water partition coefficient (Wildman–Crippen LogP) is 2.81. The quantitative estimate of drug-likeness (QED) is 0.879. The first-order chi connectivity index (χ1) is 12.1. The van der Waals surface area contributed by atoms with Crippen LogP contribution in [0.1, 0.15) is 30.4 Å². The number of pyridine rings is 1. The maximum atomic E-state index is 12.2. The van der Waals surface area contributed by atoms with E-state index in [0.717, 1.165) is 38.2 Å². The zero-order chi connectivity index (χ0) is 17.6. The Bertz CT molecular complexity index is 690. The lowest BCUT2D eigenvalue weighted by Gasteiger charge is -2.33. The molecular formula is C20H25N3O2. The molecule has 0 radical (unpaired) electrons. The second-order valence-corrected chi connectivity index (χ2v) is 6.69. The number of aryl methyl sites for hydroxylation is 2. The Labute approximate surface area is 148 Å². The molecule has 5 heteroatoms. The van der Waals surface area contributed by atoms with E-state index in [1.807, 2.05) is 6.07 Å². The number of aromatic hydroxyl groups is 1. The van der Waals surface area contributed by atoms with Gasteiger partial charge in [-0.25, -0.2) is 4.98 Å². The zero-order valence-corrected chi connectivity index (χ0v) is 14.6. The minimum absolute atomic E-state index is 0.127. The number of carbonyl (C=O) groups excluding carboxylic acids is 1. The first kappa shape index (κ1) is 17.3. The fourth-order valence-corrected chi connectivity index (χ4v) is 3.13. The minimum atomic E-state index is 0.127. The van der Waals surface area contributed by atoms with Gasteiger partial charge >= 0.3 is 0 Å². The minimum Gasteiger partial charge on any atom is -0.506 e. The fourth-order valence-electron chi connectivity index (χ4n) is 3.13. The number of piperidine rings is 1. The molecule has 0 saturated carbocycles. The van der Waals surface area contributed by atoms with E-state index in [0.29, 0.717) is 6.42 Å². The fraction of sp³-hybridized carbons (Fsp3) is 0.400. The van der Waals surface area contributed by atoms with Crippen LogP contribution < -0.4 is 10.2 Å². The second kappa shape index (κ2) is 8.01. The van der Waals surface area contributed by atoms with Gasteiger partial charge in [-0.3, -0.25) is 4.79 Å². The van der Waals surface area contributed by atoms with Crippen molar-refractivity contribution < 1.29 is 9.90 Å². The lowest BCUT2D eigenvalue weighted by atomic mass is 10.0. The first-order valence-electron chi connectivity index (χ1n) is 8.85. The number of hydrogen-bond acceptors (Lipinski definition) is 4. The number of aromatic nitrogens is 1. The SMILES string of the molecule is Cc1ccc(CCC(=O)NC2CCN(c3ccc(O)cn3)CC2)cc1. The Morgan fingerprint density at radius 2 is 1.92 bits per heavy atom. The summed E-state index contributed by atoms with van der Waals surface area (Å²) in [4.78, 5) is 18.6.